The van der Waals surface area contributed by atoms with Crippen LogP contribution in [-0.2, 0) is 22.4 Å². The zero-order valence-electron chi connectivity index (χ0n) is 14.8. The lowest BCUT2D eigenvalue weighted by atomic mass is 10.0. The largest absolute Gasteiger partial charge is 0.478 e. The first-order valence-corrected chi connectivity index (χ1v) is 8.23. The zero-order chi connectivity index (χ0) is 19.1. The van der Waals surface area contributed by atoms with E-state index in [2.05, 4.69) is 5.32 Å². The summed E-state index contributed by atoms with van der Waals surface area (Å²) < 4.78 is 0. The molecular weight excluding hydrogens is 332 g/mol. The van der Waals surface area contributed by atoms with Crippen molar-refractivity contribution in [2.24, 2.45) is 0 Å². The SMILES string of the molecule is CN(C)C(=O)C(Cc1ccccc1)NC(=O)Cc1ccc(C(=O)O)cc1. The Balaban J connectivity index is 2.05. The molecule has 0 aliphatic rings. The van der Waals surface area contributed by atoms with Crippen LogP contribution in [0.3, 0.4) is 0 Å². The van der Waals surface area contributed by atoms with Crippen LogP contribution in [0.15, 0.2) is 54.6 Å². The molecule has 26 heavy (non-hydrogen) atoms. The van der Waals surface area contributed by atoms with Gasteiger partial charge in [-0.2, -0.15) is 0 Å². The molecule has 1 atom stereocenters. The van der Waals surface area contributed by atoms with Crippen LogP contribution in [0.1, 0.15) is 21.5 Å². The number of carbonyl (C=O) groups is 3. The fraction of sp³-hybridized carbons (Fsp3) is 0.250. The highest BCUT2D eigenvalue weighted by molar-refractivity contribution is 5.89. The van der Waals surface area contributed by atoms with E-state index < -0.39 is 12.0 Å². The van der Waals surface area contributed by atoms with Crippen molar-refractivity contribution in [1.29, 1.82) is 0 Å². The topological polar surface area (TPSA) is 86.7 Å². The Kier molecular flexibility index (Phi) is 6.49. The van der Waals surface area contributed by atoms with E-state index >= 15 is 0 Å². The fourth-order valence-corrected chi connectivity index (χ4v) is 2.56. The van der Waals surface area contributed by atoms with Crippen LogP contribution in [0.2, 0.25) is 0 Å². The van der Waals surface area contributed by atoms with Gasteiger partial charge in [-0.25, -0.2) is 4.79 Å². The molecule has 0 aliphatic carbocycles. The van der Waals surface area contributed by atoms with Crippen molar-refractivity contribution in [2.45, 2.75) is 18.9 Å². The molecule has 2 amide bonds. The molecule has 6 heteroatoms. The average Bonchev–Trinajstić information content (AvgIpc) is 2.61. The summed E-state index contributed by atoms with van der Waals surface area (Å²) in [5.74, 6) is -1.48. The number of rotatable bonds is 7. The average molecular weight is 354 g/mol. The van der Waals surface area contributed by atoms with Gasteiger partial charge >= 0.3 is 5.97 Å². The van der Waals surface area contributed by atoms with Gasteiger partial charge in [-0.05, 0) is 23.3 Å². The van der Waals surface area contributed by atoms with Gasteiger partial charge in [-0.3, -0.25) is 9.59 Å². The minimum Gasteiger partial charge on any atom is -0.478 e. The maximum atomic E-state index is 12.4. The highest BCUT2D eigenvalue weighted by Crippen LogP contribution is 2.08. The number of hydrogen-bond donors (Lipinski definition) is 2. The van der Waals surface area contributed by atoms with Crippen molar-refractivity contribution < 1.29 is 19.5 Å². The van der Waals surface area contributed by atoms with Gasteiger partial charge in [0.25, 0.3) is 0 Å². The lowest BCUT2D eigenvalue weighted by Crippen LogP contribution is -2.48. The number of carboxylic acid groups (broad SMARTS) is 1. The smallest absolute Gasteiger partial charge is 0.335 e. The van der Waals surface area contributed by atoms with E-state index in [1.54, 1.807) is 26.2 Å². The molecule has 0 aromatic heterocycles. The Labute approximate surface area is 152 Å². The molecule has 136 valence electrons. The van der Waals surface area contributed by atoms with Crippen LogP contribution in [0, 0.1) is 0 Å². The summed E-state index contributed by atoms with van der Waals surface area (Å²) >= 11 is 0. The number of nitrogens with zero attached hydrogens (tertiary/aromatic N) is 1. The molecule has 2 N–H and O–H groups in total. The summed E-state index contributed by atoms with van der Waals surface area (Å²) in [5, 5.41) is 11.7. The van der Waals surface area contributed by atoms with Crippen molar-refractivity contribution in [2.75, 3.05) is 14.1 Å². The van der Waals surface area contributed by atoms with Crippen molar-refractivity contribution in [3.63, 3.8) is 0 Å². The monoisotopic (exact) mass is 354 g/mol. The molecule has 2 aromatic rings. The number of benzene rings is 2. The number of carbonyl (C=O) groups excluding carboxylic acids is 2. The van der Waals surface area contributed by atoms with Crippen LogP contribution < -0.4 is 5.32 Å². The molecule has 0 heterocycles. The van der Waals surface area contributed by atoms with Crippen LogP contribution in [0.5, 0.6) is 0 Å². The van der Waals surface area contributed by atoms with E-state index in [0.29, 0.717) is 12.0 Å². The van der Waals surface area contributed by atoms with Gasteiger partial charge in [0.2, 0.25) is 11.8 Å². The van der Waals surface area contributed by atoms with E-state index in [4.69, 9.17) is 5.11 Å². The summed E-state index contributed by atoms with van der Waals surface area (Å²) in [6.07, 6.45) is 0.480. The maximum Gasteiger partial charge on any atom is 0.335 e. The van der Waals surface area contributed by atoms with E-state index in [9.17, 15) is 14.4 Å². The summed E-state index contributed by atoms with van der Waals surface area (Å²) in [6.45, 7) is 0. The minimum atomic E-state index is -1.01. The highest BCUT2D eigenvalue weighted by atomic mass is 16.4. The second-order valence-corrected chi connectivity index (χ2v) is 6.22. The second-order valence-electron chi connectivity index (χ2n) is 6.22. The molecule has 0 saturated heterocycles. The predicted molar refractivity (Wildman–Crippen MR) is 97.9 cm³/mol. The lowest BCUT2D eigenvalue weighted by Gasteiger charge is -2.22. The minimum absolute atomic E-state index is 0.0753. The predicted octanol–water partition coefficient (Wildman–Crippen LogP) is 1.74. The Hall–Kier alpha value is -3.15. The number of aromatic carboxylic acids is 1. The Morgan fingerprint density at radius 2 is 1.58 bits per heavy atom. The van der Waals surface area contributed by atoms with Gasteiger partial charge in [0.1, 0.15) is 6.04 Å². The van der Waals surface area contributed by atoms with Crippen molar-refractivity contribution in [1.82, 2.24) is 10.2 Å². The molecule has 1 unspecified atom stereocenters. The number of nitrogens with one attached hydrogen (secondary N) is 1. The van der Waals surface area contributed by atoms with Gasteiger partial charge in [-0.15, -0.1) is 0 Å². The van der Waals surface area contributed by atoms with Gasteiger partial charge in [-0.1, -0.05) is 42.5 Å². The maximum absolute atomic E-state index is 12.4. The van der Waals surface area contributed by atoms with Gasteiger partial charge in [0, 0.05) is 20.5 Å². The van der Waals surface area contributed by atoms with Gasteiger partial charge in [0.05, 0.1) is 12.0 Å². The first-order valence-electron chi connectivity index (χ1n) is 8.23. The number of amides is 2. The van der Waals surface area contributed by atoms with Crippen LogP contribution in [-0.4, -0.2) is 47.9 Å². The van der Waals surface area contributed by atoms with Crippen LogP contribution >= 0.6 is 0 Å². The zero-order valence-corrected chi connectivity index (χ0v) is 14.8. The molecule has 6 nitrogen and oxygen atoms in total. The molecular formula is C20H22N2O4. The molecule has 2 rings (SSSR count). The normalized spacial score (nSPS) is 11.5. The number of likely N-dealkylation sites (N-methyl/N-ethyl adjacent to an activating group) is 1. The molecule has 0 radical (unpaired) electrons. The Morgan fingerprint density at radius 1 is 0.962 bits per heavy atom. The third-order valence-electron chi connectivity index (χ3n) is 3.92. The summed E-state index contributed by atoms with van der Waals surface area (Å²) in [4.78, 5) is 37.1. The van der Waals surface area contributed by atoms with Crippen LogP contribution in [0.4, 0.5) is 0 Å². The summed E-state index contributed by atoms with van der Waals surface area (Å²) in [6, 6.07) is 14.9. The summed E-state index contributed by atoms with van der Waals surface area (Å²) in [7, 11) is 3.30. The third-order valence-corrected chi connectivity index (χ3v) is 3.92. The highest BCUT2D eigenvalue weighted by Gasteiger charge is 2.22. The first kappa shape index (κ1) is 19.2. The number of hydrogen-bond acceptors (Lipinski definition) is 3. The van der Waals surface area contributed by atoms with E-state index in [1.807, 2.05) is 30.3 Å². The summed E-state index contributed by atoms with van der Waals surface area (Å²) in [5.41, 5.74) is 1.81. The van der Waals surface area contributed by atoms with Crippen molar-refractivity contribution in [3.8, 4) is 0 Å². The molecule has 0 saturated carbocycles. The van der Waals surface area contributed by atoms with E-state index in [0.717, 1.165) is 5.56 Å². The third kappa shape index (κ3) is 5.44. The number of carboxylic acids is 1. The van der Waals surface area contributed by atoms with Gasteiger partial charge < -0.3 is 15.3 Å². The molecule has 0 aliphatic heterocycles. The standard InChI is InChI=1S/C20H22N2O4/c1-22(2)19(24)17(12-14-6-4-3-5-7-14)21-18(23)13-15-8-10-16(11-9-15)20(25)26/h3-11,17H,12-13H2,1-2H3,(H,21,23)(H,25,26). The van der Waals surface area contributed by atoms with Crippen LogP contribution in [0.25, 0.3) is 0 Å². The quantitative estimate of drug-likeness (QED) is 0.793. The Bertz CT molecular complexity index is 770. The van der Waals surface area contributed by atoms with Crippen molar-refractivity contribution in [3.05, 3.63) is 71.3 Å². The van der Waals surface area contributed by atoms with E-state index in [-0.39, 0.29) is 23.8 Å². The first-order chi connectivity index (χ1) is 12.4. The van der Waals surface area contributed by atoms with Gasteiger partial charge in [0.15, 0.2) is 0 Å². The molecule has 0 fully saturated rings. The van der Waals surface area contributed by atoms with E-state index in [1.165, 1.54) is 17.0 Å². The lowest BCUT2D eigenvalue weighted by molar-refractivity contribution is -0.134. The molecule has 0 bridgehead atoms. The Morgan fingerprint density at radius 3 is 2.12 bits per heavy atom. The molecule has 2 aromatic carbocycles. The van der Waals surface area contributed by atoms with Crippen molar-refractivity contribution >= 4 is 17.8 Å². The second kappa shape index (κ2) is 8.80. The fourth-order valence-electron chi connectivity index (χ4n) is 2.56. The molecule has 0 spiro atoms.